The monoisotopic (exact) mass is 559 g/mol. The third-order valence-corrected chi connectivity index (χ3v) is 6.09. The maximum atomic E-state index is 12.5. The fraction of sp³-hybridized carbons (Fsp3) is 0.0769. The number of hydrogen-bond donors (Lipinski definition) is 5. The third-order valence-electron chi connectivity index (χ3n) is 6.09. The van der Waals surface area contributed by atoms with Crippen molar-refractivity contribution in [3.8, 4) is 28.6 Å². The average Bonchev–Trinajstić information content (AvgIpc) is 3.59. The molecule has 0 aliphatic carbocycles. The highest BCUT2D eigenvalue weighted by Crippen LogP contribution is 2.30. The minimum Gasteiger partial charge on any atom is -0.507 e. The number of pyridine rings is 1. The number of phenols is 2. The maximum Gasteiger partial charge on any atom is 0.339 e. The van der Waals surface area contributed by atoms with E-state index in [1.807, 2.05) is 0 Å². The molecule has 15 nitrogen and oxygen atoms in total. The maximum absolute atomic E-state index is 12.5. The first-order valence-electron chi connectivity index (χ1n) is 11.7. The second kappa shape index (κ2) is 10.3. The van der Waals surface area contributed by atoms with Crippen LogP contribution >= 0.6 is 0 Å². The molecule has 2 aromatic carbocycles. The molecule has 4 aromatic rings. The Morgan fingerprint density at radius 3 is 2.07 bits per heavy atom. The standard InChI is InChI=1S/C26H21N7O8/c1-31-29-21(12-33(31)15-4-6-17(25(38)39)23(35)10-15)19-8-13(26(40)41-2)7-18(27-19)20-11-32(30-28-20)14-3-5-16(24(36)37)22(34)9-14/h3-12,29,34-35H,1-2H3,(H,36,37)(H,38,39). The van der Waals surface area contributed by atoms with Crippen molar-refractivity contribution in [2.45, 2.75) is 0 Å². The molecule has 5 rings (SSSR count). The van der Waals surface area contributed by atoms with Gasteiger partial charge in [0.1, 0.15) is 28.3 Å². The molecule has 5 N–H and O–H groups in total. The predicted octanol–water partition coefficient (Wildman–Crippen LogP) is 2.09. The van der Waals surface area contributed by atoms with E-state index >= 15 is 0 Å². The van der Waals surface area contributed by atoms with E-state index in [4.69, 9.17) is 9.84 Å². The van der Waals surface area contributed by atoms with Crippen LogP contribution in [0, 0.1) is 0 Å². The van der Waals surface area contributed by atoms with Crippen molar-refractivity contribution in [1.29, 1.82) is 0 Å². The van der Waals surface area contributed by atoms with Crippen molar-refractivity contribution in [3.05, 3.63) is 83.3 Å². The van der Waals surface area contributed by atoms with Crippen molar-refractivity contribution in [2.75, 3.05) is 19.2 Å². The van der Waals surface area contributed by atoms with Crippen LogP contribution < -0.4 is 10.4 Å². The van der Waals surface area contributed by atoms with Crippen LogP contribution in [0.25, 0.3) is 22.8 Å². The molecule has 0 saturated heterocycles. The van der Waals surface area contributed by atoms with Gasteiger partial charge in [0, 0.05) is 19.2 Å². The highest BCUT2D eigenvalue weighted by Gasteiger charge is 2.25. The summed E-state index contributed by atoms with van der Waals surface area (Å²) in [5.74, 6) is -4.03. The van der Waals surface area contributed by atoms with Crippen molar-refractivity contribution in [3.63, 3.8) is 0 Å². The number of carbonyl (C=O) groups excluding carboxylic acids is 1. The number of carboxylic acid groups (broad SMARTS) is 2. The van der Waals surface area contributed by atoms with E-state index in [1.165, 1.54) is 66.5 Å². The fourth-order valence-electron chi connectivity index (χ4n) is 4.07. The number of esters is 1. The smallest absolute Gasteiger partial charge is 0.339 e. The van der Waals surface area contributed by atoms with E-state index in [2.05, 4.69) is 20.7 Å². The Kier molecular flexibility index (Phi) is 6.70. The van der Waals surface area contributed by atoms with Crippen molar-refractivity contribution >= 4 is 29.3 Å². The lowest BCUT2D eigenvalue weighted by molar-refractivity contribution is 0.0598. The molecule has 0 amide bonds. The Bertz CT molecular complexity index is 1750. The van der Waals surface area contributed by atoms with Crippen LogP contribution in [0.1, 0.15) is 36.8 Å². The first kappa shape index (κ1) is 26.6. The predicted molar refractivity (Wildman–Crippen MR) is 141 cm³/mol. The van der Waals surface area contributed by atoms with Crippen LogP contribution in [0.4, 0.5) is 5.69 Å². The summed E-state index contributed by atoms with van der Waals surface area (Å²) in [7, 11) is 2.91. The van der Waals surface area contributed by atoms with Gasteiger partial charge in [-0.15, -0.1) is 10.2 Å². The number of benzene rings is 2. The summed E-state index contributed by atoms with van der Waals surface area (Å²) >= 11 is 0. The van der Waals surface area contributed by atoms with Gasteiger partial charge in [0.15, 0.2) is 0 Å². The Morgan fingerprint density at radius 2 is 1.46 bits per heavy atom. The van der Waals surface area contributed by atoms with Gasteiger partial charge in [0.25, 0.3) is 0 Å². The number of rotatable bonds is 7. The molecule has 0 unspecified atom stereocenters. The average molecular weight is 559 g/mol. The largest absolute Gasteiger partial charge is 0.507 e. The molecule has 0 radical (unpaired) electrons. The van der Waals surface area contributed by atoms with Gasteiger partial charge >= 0.3 is 17.9 Å². The van der Waals surface area contributed by atoms with E-state index in [9.17, 15) is 29.7 Å². The number of hydrogen-bond acceptors (Lipinski definition) is 12. The molecule has 0 fully saturated rings. The summed E-state index contributed by atoms with van der Waals surface area (Å²) in [6.07, 6.45) is 3.12. The van der Waals surface area contributed by atoms with Gasteiger partial charge in [-0.25, -0.2) is 24.0 Å². The highest BCUT2D eigenvalue weighted by atomic mass is 16.5. The summed E-state index contributed by atoms with van der Waals surface area (Å²) in [6.45, 7) is 0. The summed E-state index contributed by atoms with van der Waals surface area (Å²) in [5, 5.41) is 49.8. The Balaban J connectivity index is 1.52. The number of aromatic hydroxyl groups is 2. The SMILES string of the molecule is COC(=O)c1cc(C2=CN(c3ccc(C(=O)O)c(O)c3)N(C)N2)nc(-c2cn(-c3ccc(C(=O)O)c(O)c3)nn2)c1. The van der Waals surface area contributed by atoms with Gasteiger partial charge in [0.05, 0.1) is 53.5 Å². The van der Waals surface area contributed by atoms with Crippen LogP contribution in [0.5, 0.6) is 11.5 Å². The number of aromatic nitrogens is 4. The number of methoxy groups -OCH3 is 1. The zero-order valence-electron chi connectivity index (χ0n) is 21.4. The zero-order chi connectivity index (χ0) is 29.4. The summed E-state index contributed by atoms with van der Waals surface area (Å²) in [5.41, 5.74) is 4.80. The molecule has 1 aliphatic heterocycles. The molecule has 208 valence electrons. The normalized spacial score (nSPS) is 13.0. The Morgan fingerprint density at radius 1 is 0.854 bits per heavy atom. The van der Waals surface area contributed by atoms with Crippen LogP contribution in [0.3, 0.4) is 0 Å². The molecule has 1 aliphatic rings. The van der Waals surface area contributed by atoms with E-state index in [1.54, 1.807) is 23.4 Å². The molecule has 3 heterocycles. The molecule has 41 heavy (non-hydrogen) atoms. The van der Waals surface area contributed by atoms with Crippen LogP contribution in [-0.2, 0) is 4.74 Å². The molecular weight excluding hydrogens is 538 g/mol. The Hall–Kier alpha value is -5.96. The second-order valence-electron chi connectivity index (χ2n) is 8.70. The molecule has 0 saturated carbocycles. The van der Waals surface area contributed by atoms with E-state index in [0.29, 0.717) is 22.8 Å². The molecule has 0 atom stereocenters. The number of aromatic carboxylic acids is 2. The lowest BCUT2D eigenvalue weighted by Crippen LogP contribution is -2.38. The minimum atomic E-state index is -1.28. The number of carboxylic acids is 2. The van der Waals surface area contributed by atoms with Crippen LogP contribution in [0.2, 0.25) is 0 Å². The minimum absolute atomic E-state index is 0.165. The number of hydrazine groups is 2. The third kappa shape index (κ3) is 5.07. The summed E-state index contributed by atoms with van der Waals surface area (Å²) in [4.78, 5) is 39.6. The van der Waals surface area contributed by atoms with E-state index < -0.39 is 29.4 Å². The summed E-state index contributed by atoms with van der Waals surface area (Å²) in [6, 6.07) is 11.0. The van der Waals surface area contributed by atoms with Gasteiger partial charge < -0.3 is 25.2 Å². The molecular formula is C26H21N7O8. The van der Waals surface area contributed by atoms with Gasteiger partial charge in [-0.05, 0) is 36.4 Å². The molecule has 0 bridgehead atoms. The Labute approximate surface area is 230 Å². The van der Waals surface area contributed by atoms with Gasteiger partial charge in [0.2, 0.25) is 0 Å². The van der Waals surface area contributed by atoms with Gasteiger partial charge in [-0.1, -0.05) is 5.21 Å². The van der Waals surface area contributed by atoms with Gasteiger partial charge in [-0.2, -0.15) is 0 Å². The lowest BCUT2D eigenvalue weighted by Gasteiger charge is -2.24. The lowest BCUT2D eigenvalue weighted by atomic mass is 10.1. The second-order valence-corrected chi connectivity index (χ2v) is 8.70. The highest BCUT2D eigenvalue weighted by molar-refractivity contribution is 5.93. The van der Waals surface area contributed by atoms with Crippen LogP contribution in [-0.4, -0.2) is 77.6 Å². The number of anilines is 1. The number of nitrogens with one attached hydrogen (secondary N) is 1. The first-order chi connectivity index (χ1) is 19.5. The number of carbonyl (C=O) groups is 3. The molecule has 0 spiro atoms. The number of ether oxygens (including phenoxy) is 1. The van der Waals surface area contributed by atoms with Crippen LogP contribution in [0.15, 0.2) is 60.9 Å². The molecule has 2 aromatic heterocycles. The molecule has 15 heteroatoms. The zero-order valence-corrected chi connectivity index (χ0v) is 21.4. The summed E-state index contributed by atoms with van der Waals surface area (Å²) < 4.78 is 6.21. The number of nitrogens with zero attached hydrogens (tertiary/aromatic N) is 6. The topological polar surface area (TPSA) is 203 Å². The first-order valence-corrected chi connectivity index (χ1v) is 11.7. The van der Waals surface area contributed by atoms with Crippen molar-refractivity contribution in [1.82, 2.24) is 30.5 Å². The van der Waals surface area contributed by atoms with Gasteiger partial charge in [-0.3, -0.25) is 10.4 Å². The quantitative estimate of drug-likeness (QED) is 0.206. The fourth-order valence-corrected chi connectivity index (χ4v) is 4.07. The van der Waals surface area contributed by atoms with Crippen molar-refractivity contribution < 1.29 is 39.5 Å². The van der Waals surface area contributed by atoms with E-state index in [0.717, 1.165) is 0 Å². The van der Waals surface area contributed by atoms with Crippen molar-refractivity contribution in [2.24, 2.45) is 0 Å². The van der Waals surface area contributed by atoms with E-state index in [-0.39, 0.29) is 28.1 Å².